The number of nitrogens with one attached hydrogen (secondary N) is 1. The van der Waals surface area contributed by atoms with Crippen LogP contribution in [-0.2, 0) is 9.47 Å². The van der Waals surface area contributed by atoms with Crippen molar-refractivity contribution in [2.45, 2.75) is 150 Å². The average Bonchev–Trinajstić information content (AvgIpc) is 3.38. The molecule has 0 radical (unpaired) electrons. The lowest BCUT2D eigenvalue weighted by molar-refractivity contribution is -0.0619. The van der Waals surface area contributed by atoms with Gasteiger partial charge in [0.15, 0.2) is 0 Å². The Morgan fingerprint density at radius 1 is 0.958 bits per heavy atom. The molecule has 0 saturated heterocycles. The van der Waals surface area contributed by atoms with Crippen molar-refractivity contribution in [1.82, 2.24) is 4.90 Å². The fraction of sp³-hybridized carbons (Fsp3) is 0.854. The van der Waals surface area contributed by atoms with Gasteiger partial charge in [-0.2, -0.15) is 0 Å². The van der Waals surface area contributed by atoms with Gasteiger partial charge in [0, 0.05) is 25.1 Å². The van der Waals surface area contributed by atoms with E-state index in [1.54, 1.807) is 5.57 Å². The third-order valence-corrected chi connectivity index (χ3v) is 13.5. The van der Waals surface area contributed by atoms with Gasteiger partial charge < -0.3 is 20.9 Å². The molecule has 274 valence electrons. The van der Waals surface area contributed by atoms with E-state index in [1.165, 1.54) is 51.4 Å². The summed E-state index contributed by atoms with van der Waals surface area (Å²) in [7, 11) is 0. The standard InChI is InChI=1S/C41H72N4O3/c1-29(2)12-11-13-30(3)35-18-19-36-34-17-16-32-28-33(20-22-40(32,5)37(34)21-23-41(35,36)6)48-39(46)47-27-26-45(24-9-7-14-31(4)42)25-10-8-15-38(43)44/h16,29-30,33-37H,4,7-15,17-28,42H2,1-3,5-6H3,(H3,43,44)/t30-,33?,34+,35-,36+,37?,40+,41-/m0/s1. The molecule has 0 aromatic carbocycles. The lowest BCUT2D eigenvalue weighted by Gasteiger charge is -2.58. The lowest BCUT2D eigenvalue weighted by atomic mass is 9.47. The molecule has 4 aliphatic rings. The van der Waals surface area contributed by atoms with Crippen LogP contribution in [0.4, 0.5) is 4.79 Å². The molecular weight excluding hydrogens is 596 g/mol. The zero-order valence-corrected chi connectivity index (χ0v) is 31.5. The van der Waals surface area contributed by atoms with Crippen molar-refractivity contribution in [2.75, 3.05) is 26.2 Å². The molecule has 0 aromatic rings. The topological polar surface area (TPSA) is 115 Å². The first kappa shape index (κ1) is 38.8. The first-order valence-electron chi connectivity index (χ1n) is 19.8. The van der Waals surface area contributed by atoms with Crippen molar-refractivity contribution >= 4 is 12.0 Å². The SMILES string of the molecule is C=C(N)CCCCN(CCCCC(=N)N)CCOC(=O)OC1CC[C@]2(C)C(=CC[C@H]3C2CC[C@]2(C)[C@@H]3CC[C@H]2[C@@H](C)CCCC(C)C)C1. The molecule has 3 saturated carbocycles. The second-order valence-corrected chi connectivity index (χ2v) is 17.3. The van der Waals surface area contributed by atoms with Crippen LogP contribution in [0.5, 0.6) is 0 Å². The van der Waals surface area contributed by atoms with Gasteiger partial charge in [0.2, 0.25) is 0 Å². The molecule has 8 atom stereocenters. The Morgan fingerprint density at radius 3 is 2.38 bits per heavy atom. The van der Waals surface area contributed by atoms with Gasteiger partial charge in [-0.3, -0.25) is 10.3 Å². The molecule has 0 aliphatic heterocycles. The Kier molecular flexibility index (Phi) is 14.4. The average molecular weight is 669 g/mol. The van der Waals surface area contributed by atoms with Crippen LogP contribution in [0.3, 0.4) is 0 Å². The maximum atomic E-state index is 12.8. The molecule has 0 aromatic heterocycles. The van der Waals surface area contributed by atoms with E-state index in [9.17, 15) is 4.79 Å². The Bertz CT molecular complexity index is 1080. The summed E-state index contributed by atoms with van der Waals surface area (Å²) in [4.78, 5) is 15.2. The number of allylic oxidation sites excluding steroid dienone is 2. The highest BCUT2D eigenvalue weighted by Crippen LogP contribution is 2.67. The number of hydrogen-bond acceptors (Lipinski definition) is 6. The number of unbranched alkanes of at least 4 members (excludes halogenated alkanes) is 2. The molecule has 4 rings (SSSR count). The van der Waals surface area contributed by atoms with Gasteiger partial charge in [0.05, 0.1) is 5.84 Å². The van der Waals surface area contributed by atoms with Crippen LogP contribution in [0.2, 0.25) is 0 Å². The number of fused-ring (bicyclic) bond motifs is 5. The van der Waals surface area contributed by atoms with Crippen LogP contribution in [0.1, 0.15) is 144 Å². The summed E-state index contributed by atoms with van der Waals surface area (Å²) < 4.78 is 11.6. The Labute approximate surface area is 293 Å². The molecule has 0 heterocycles. The second kappa shape index (κ2) is 17.8. The number of nitrogens with zero attached hydrogens (tertiary/aromatic N) is 1. The van der Waals surface area contributed by atoms with Gasteiger partial charge in [-0.25, -0.2) is 4.79 Å². The third kappa shape index (κ3) is 10.0. The van der Waals surface area contributed by atoms with Crippen molar-refractivity contribution in [1.29, 1.82) is 5.41 Å². The Balaban J connectivity index is 1.25. The smallest absolute Gasteiger partial charge is 0.433 e. The van der Waals surface area contributed by atoms with Crippen LogP contribution in [-0.4, -0.2) is 49.2 Å². The quantitative estimate of drug-likeness (QED) is 0.0415. The van der Waals surface area contributed by atoms with Crippen molar-refractivity contribution in [3.8, 4) is 0 Å². The van der Waals surface area contributed by atoms with Crippen molar-refractivity contribution < 1.29 is 14.3 Å². The van der Waals surface area contributed by atoms with Gasteiger partial charge in [-0.1, -0.05) is 72.1 Å². The molecule has 7 heteroatoms. The predicted molar refractivity (Wildman–Crippen MR) is 199 cm³/mol. The number of ether oxygens (including phenoxy) is 2. The van der Waals surface area contributed by atoms with Gasteiger partial charge in [-0.15, -0.1) is 0 Å². The summed E-state index contributed by atoms with van der Waals surface area (Å²) in [5, 5.41) is 7.47. The zero-order chi connectivity index (χ0) is 34.9. The molecule has 0 amide bonds. The molecule has 48 heavy (non-hydrogen) atoms. The minimum Gasteiger partial charge on any atom is -0.433 e. The molecule has 4 aliphatic carbocycles. The maximum Gasteiger partial charge on any atom is 0.508 e. The molecular formula is C41H72N4O3. The Morgan fingerprint density at radius 2 is 1.69 bits per heavy atom. The zero-order valence-electron chi connectivity index (χ0n) is 31.5. The number of rotatable bonds is 19. The highest BCUT2D eigenvalue weighted by atomic mass is 16.7. The number of hydrogen-bond donors (Lipinski definition) is 3. The first-order valence-corrected chi connectivity index (χ1v) is 19.8. The molecule has 0 spiro atoms. The van der Waals surface area contributed by atoms with Gasteiger partial charge >= 0.3 is 6.16 Å². The van der Waals surface area contributed by atoms with E-state index in [1.807, 2.05) is 0 Å². The molecule has 7 nitrogen and oxygen atoms in total. The number of nitrogens with two attached hydrogens (primary N) is 2. The highest BCUT2D eigenvalue weighted by molar-refractivity contribution is 5.76. The molecule has 3 fully saturated rings. The van der Waals surface area contributed by atoms with Crippen LogP contribution >= 0.6 is 0 Å². The largest absolute Gasteiger partial charge is 0.508 e. The summed E-state index contributed by atoms with van der Waals surface area (Å²) >= 11 is 0. The normalized spacial score (nSPS) is 31.8. The van der Waals surface area contributed by atoms with Gasteiger partial charge in [0.25, 0.3) is 0 Å². The maximum absolute atomic E-state index is 12.8. The van der Waals surface area contributed by atoms with Crippen LogP contribution < -0.4 is 11.5 Å². The fourth-order valence-corrected chi connectivity index (χ4v) is 10.9. The number of amidine groups is 1. The summed E-state index contributed by atoms with van der Waals surface area (Å²) in [6, 6.07) is 0. The van der Waals surface area contributed by atoms with Crippen molar-refractivity contribution in [2.24, 2.45) is 57.8 Å². The first-order chi connectivity index (χ1) is 22.8. The van der Waals surface area contributed by atoms with E-state index in [0.717, 1.165) is 106 Å². The summed E-state index contributed by atoms with van der Waals surface area (Å²) in [5.74, 6) is 5.23. The van der Waals surface area contributed by atoms with Crippen LogP contribution in [0, 0.1) is 51.7 Å². The van der Waals surface area contributed by atoms with E-state index in [0.29, 0.717) is 25.0 Å². The summed E-state index contributed by atoms with van der Waals surface area (Å²) in [5.41, 5.74) is 14.3. The van der Waals surface area contributed by atoms with E-state index in [2.05, 4.69) is 52.2 Å². The summed E-state index contributed by atoms with van der Waals surface area (Å²) in [6.45, 7) is 19.1. The molecule has 5 N–H and O–H groups in total. The monoisotopic (exact) mass is 669 g/mol. The van der Waals surface area contributed by atoms with Gasteiger partial charge in [-0.05, 0) is 136 Å². The van der Waals surface area contributed by atoms with E-state index in [4.69, 9.17) is 26.4 Å². The van der Waals surface area contributed by atoms with E-state index >= 15 is 0 Å². The van der Waals surface area contributed by atoms with Crippen LogP contribution in [0.25, 0.3) is 0 Å². The second-order valence-electron chi connectivity index (χ2n) is 17.3. The van der Waals surface area contributed by atoms with Gasteiger partial charge in [0.1, 0.15) is 12.7 Å². The molecule has 0 bridgehead atoms. The predicted octanol–water partition coefficient (Wildman–Crippen LogP) is 9.60. The summed E-state index contributed by atoms with van der Waals surface area (Å²) in [6.07, 6.45) is 21.2. The van der Waals surface area contributed by atoms with Crippen LogP contribution in [0.15, 0.2) is 23.9 Å². The third-order valence-electron chi connectivity index (χ3n) is 13.5. The minimum atomic E-state index is -0.526. The number of carbonyl (C=O) groups excluding carboxylic acids is 1. The van der Waals surface area contributed by atoms with Crippen molar-refractivity contribution in [3.63, 3.8) is 0 Å². The lowest BCUT2D eigenvalue weighted by Crippen LogP contribution is -2.51. The minimum absolute atomic E-state index is 0.0863. The fourth-order valence-electron chi connectivity index (χ4n) is 10.9. The Hall–Kier alpha value is -2.02. The number of carbonyl (C=O) groups is 1. The highest BCUT2D eigenvalue weighted by Gasteiger charge is 2.59. The molecule has 2 unspecified atom stereocenters. The van der Waals surface area contributed by atoms with E-state index in [-0.39, 0.29) is 17.4 Å². The van der Waals surface area contributed by atoms with E-state index < -0.39 is 6.16 Å². The van der Waals surface area contributed by atoms with Crippen molar-refractivity contribution in [3.05, 3.63) is 23.9 Å².